The second-order valence-electron chi connectivity index (χ2n) is 10.5. The quantitative estimate of drug-likeness (QED) is 0.402. The number of hydrogen-bond donors (Lipinski definition) is 2. The zero-order chi connectivity index (χ0) is 26.6. The molecule has 0 aromatic carbocycles. The van der Waals surface area contributed by atoms with Gasteiger partial charge in [-0.05, 0) is 59.9 Å². The monoisotopic (exact) mass is 510 g/mol. The summed E-state index contributed by atoms with van der Waals surface area (Å²) >= 11 is 0. The Bertz CT molecular complexity index is 1590. The van der Waals surface area contributed by atoms with Crippen LogP contribution >= 0.6 is 0 Å². The molecule has 1 unspecified atom stereocenters. The van der Waals surface area contributed by atoms with Crippen LogP contribution in [-0.4, -0.2) is 49.2 Å². The number of hydrogen-bond acceptors (Lipinski definition) is 8. The number of anilines is 2. The van der Waals surface area contributed by atoms with Gasteiger partial charge in [-0.2, -0.15) is 5.10 Å². The minimum absolute atomic E-state index is 0.0414. The smallest absolute Gasteiger partial charge is 0.235 e. The number of fused-ring (bicyclic) bond motifs is 1. The number of pyridine rings is 3. The van der Waals surface area contributed by atoms with Gasteiger partial charge in [0.25, 0.3) is 0 Å². The molecule has 10 nitrogen and oxygen atoms in total. The van der Waals surface area contributed by atoms with Crippen molar-refractivity contribution in [2.75, 3.05) is 17.7 Å². The number of ether oxygens (including phenoxy) is 1. The Labute approximate surface area is 220 Å². The maximum absolute atomic E-state index is 12.9. The summed E-state index contributed by atoms with van der Waals surface area (Å²) in [4.78, 5) is 31.2. The molecule has 2 aliphatic rings. The molecule has 1 fully saturated rings. The van der Waals surface area contributed by atoms with Crippen molar-refractivity contribution in [3.63, 3.8) is 0 Å². The van der Waals surface area contributed by atoms with Crippen molar-refractivity contribution in [3.05, 3.63) is 59.8 Å². The first-order valence-electron chi connectivity index (χ1n) is 12.8. The van der Waals surface area contributed by atoms with Crippen LogP contribution in [0.5, 0.6) is 0 Å². The van der Waals surface area contributed by atoms with E-state index in [-0.39, 0.29) is 23.8 Å². The summed E-state index contributed by atoms with van der Waals surface area (Å²) in [6.07, 6.45) is 8.02. The molecule has 4 aromatic rings. The topological polar surface area (TPSA) is 133 Å². The predicted molar refractivity (Wildman–Crippen MR) is 146 cm³/mol. The average molecular weight is 511 g/mol. The van der Waals surface area contributed by atoms with E-state index >= 15 is 0 Å². The van der Waals surface area contributed by atoms with Gasteiger partial charge in [0.15, 0.2) is 0 Å². The van der Waals surface area contributed by atoms with Crippen LogP contribution in [0.4, 0.5) is 11.6 Å². The van der Waals surface area contributed by atoms with E-state index < -0.39 is 0 Å². The fourth-order valence-corrected chi connectivity index (χ4v) is 4.90. The van der Waals surface area contributed by atoms with E-state index in [1.807, 2.05) is 44.6 Å². The van der Waals surface area contributed by atoms with Gasteiger partial charge in [0, 0.05) is 42.5 Å². The van der Waals surface area contributed by atoms with Crippen LogP contribution < -0.4 is 11.1 Å². The number of carbonyl (C=O) groups is 1. The second-order valence-corrected chi connectivity index (χ2v) is 10.5. The molecule has 3 atom stereocenters. The van der Waals surface area contributed by atoms with Crippen LogP contribution in [-0.2, 0) is 16.6 Å². The van der Waals surface area contributed by atoms with Crippen molar-refractivity contribution in [2.45, 2.75) is 39.2 Å². The van der Waals surface area contributed by atoms with E-state index in [1.54, 1.807) is 17.1 Å². The Kier molecular flexibility index (Phi) is 5.81. The van der Waals surface area contributed by atoms with Crippen molar-refractivity contribution >= 4 is 34.2 Å². The number of aliphatic imine (C=N–C) groups is 1. The molecular weight excluding hydrogens is 480 g/mol. The molecule has 1 aliphatic heterocycles. The van der Waals surface area contributed by atoms with E-state index in [0.717, 1.165) is 33.9 Å². The van der Waals surface area contributed by atoms with Gasteiger partial charge in [0.05, 0.1) is 17.9 Å². The third-order valence-corrected chi connectivity index (χ3v) is 7.33. The lowest BCUT2D eigenvalue weighted by Crippen LogP contribution is -2.15. The maximum Gasteiger partial charge on any atom is 0.235 e. The maximum atomic E-state index is 12.9. The molecule has 1 amide bonds. The fourth-order valence-electron chi connectivity index (χ4n) is 4.90. The van der Waals surface area contributed by atoms with Crippen LogP contribution in [0, 0.1) is 18.8 Å². The molecule has 10 heteroatoms. The number of nitrogens with two attached hydrogens (primary N) is 1. The number of aryl methyl sites for hydroxylation is 2. The van der Waals surface area contributed by atoms with E-state index in [1.165, 1.54) is 0 Å². The van der Waals surface area contributed by atoms with Gasteiger partial charge in [-0.15, -0.1) is 0 Å². The minimum Gasteiger partial charge on any atom is -0.474 e. The molecule has 0 radical (unpaired) electrons. The van der Waals surface area contributed by atoms with Crippen molar-refractivity contribution in [1.29, 1.82) is 0 Å². The van der Waals surface area contributed by atoms with E-state index in [0.29, 0.717) is 41.4 Å². The minimum atomic E-state index is -0.0775. The molecule has 0 saturated heterocycles. The molecule has 3 N–H and O–H groups in total. The fraction of sp³-hybridized carbons (Fsp3) is 0.357. The standard InChI is InChI=1S/C28H30N8O2/c1-14(2)24-13-38-28(34-24)23-5-15(3)20(10-30-23)22-6-16-7-25(31-11-21(16)26(29)33-22)35-27(37)19-8-18(19)17-9-32-36(4)12-17/h5-7,9-12,14,18-19,24H,8,13H2,1-4H3,(H2,29,33)(H,31,35,37)/t18-,19+,24?/m1/s1. The Hall–Kier alpha value is -4.34. The summed E-state index contributed by atoms with van der Waals surface area (Å²) < 4.78 is 7.55. The Morgan fingerprint density at radius 1 is 1.16 bits per heavy atom. The van der Waals surface area contributed by atoms with Gasteiger partial charge in [-0.1, -0.05) is 13.8 Å². The van der Waals surface area contributed by atoms with Gasteiger partial charge < -0.3 is 15.8 Å². The van der Waals surface area contributed by atoms with Crippen LogP contribution in [0.3, 0.4) is 0 Å². The zero-order valence-electron chi connectivity index (χ0n) is 21.8. The van der Waals surface area contributed by atoms with Crippen molar-refractivity contribution in [2.24, 2.45) is 23.9 Å². The predicted octanol–water partition coefficient (Wildman–Crippen LogP) is 3.86. The molecule has 5 heterocycles. The largest absolute Gasteiger partial charge is 0.474 e. The van der Waals surface area contributed by atoms with Crippen molar-refractivity contribution in [1.82, 2.24) is 24.7 Å². The Morgan fingerprint density at radius 3 is 2.71 bits per heavy atom. The third-order valence-electron chi connectivity index (χ3n) is 7.33. The highest BCUT2D eigenvalue weighted by atomic mass is 16.5. The highest BCUT2D eigenvalue weighted by Crippen LogP contribution is 2.47. The average Bonchev–Trinajstić information content (AvgIpc) is 3.30. The van der Waals surface area contributed by atoms with Crippen LogP contribution in [0.2, 0.25) is 0 Å². The van der Waals surface area contributed by atoms with Gasteiger partial charge >= 0.3 is 0 Å². The highest BCUT2D eigenvalue weighted by Gasteiger charge is 2.44. The molecule has 0 spiro atoms. The normalized spacial score (nSPS) is 20.4. The van der Waals surface area contributed by atoms with Gasteiger partial charge in [-0.25, -0.2) is 15.0 Å². The van der Waals surface area contributed by atoms with E-state index in [9.17, 15) is 4.79 Å². The SMILES string of the molecule is Cc1cc(C2=NC(C(C)C)CO2)ncc1-c1cc2cc(NC(=O)[C@H]3C[C@@H]3c3cnn(C)c3)ncc2c(N)n1. The lowest BCUT2D eigenvalue weighted by atomic mass is 10.0. The Morgan fingerprint density at radius 2 is 2.00 bits per heavy atom. The molecule has 6 rings (SSSR count). The first kappa shape index (κ1) is 24.0. The third kappa shape index (κ3) is 4.46. The summed E-state index contributed by atoms with van der Waals surface area (Å²) in [5.74, 6) is 1.93. The summed E-state index contributed by atoms with van der Waals surface area (Å²) in [7, 11) is 1.88. The first-order valence-corrected chi connectivity index (χ1v) is 12.8. The summed E-state index contributed by atoms with van der Waals surface area (Å²) in [6.45, 7) is 6.85. The van der Waals surface area contributed by atoms with Crippen LogP contribution in [0.1, 0.15) is 43.0 Å². The molecular formula is C28H30N8O2. The molecule has 0 bridgehead atoms. The summed E-state index contributed by atoms with van der Waals surface area (Å²) in [5.41, 5.74) is 10.6. The summed E-state index contributed by atoms with van der Waals surface area (Å²) in [6, 6.07) is 5.89. The number of carbonyl (C=O) groups excluding carboxylic acids is 1. The molecule has 38 heavy (non-hydrogen) atoms. The van der Waals surface area contributed by atoms with Gasteiger partial charge in [0.1, 0.15) is 23.9 Å². The molecule has 1 aliphatic carbocycles. The van der Waals surface area contributed by atoms with Gasteiger partial charge in [0.2, 0.25) is 11.8 Å². The van der Waals surface area contributed by atoms with E-state index in [2.05, 4.69) is 44.2 Å². The second kappa shape index (κ2) is 9.20. The van der Waals surface area contributed by atoms with Gasteiger partial charge in [-0.3, -0.25) is 14.5 Å². The molecule has 194 valence electrons. The van der Waals surface area contributed by atoms with Crippen molar-refractivity contribution < 1.29 is 9.53 Å². The van der Waals surface area contributed by atoms with E-state index in [4.69, 9.17) is 10.5 Å². The van der Waals surface area contributed by atoms with Crippen LogP contribution in [0.25, 0.3) is 22.0 Å². The Balaban J connectivity index is 1.23. The molecule has 4 aromatic heterocycles. The number of nitrogens with zero attached hydrogens (tertiary/aromatic N) is 6. The number of aromatic nitrogens is 5. The lowest BCUT2D eigenvalue weighted by molar-refractivity contribution is -0.117. The number of rotatable bonds is 6. The highest BCUT2D eigenvalue weighted by molar-refractivity contribution is 5.99. The first-order chi connectivity index (χ1) is 18.3. The molecule has 1 saturated carbocycles. The zero-order valence-corrected chi connectivity index (χ0v) is 21.8. The summed E-state index contributed by atoms with van der Waals surface area (Å²) in [5, 5.41) is 8.74. The lowest BCUT2D eigenvalue weighted by Gasteiger charge is -2.11. The number of amides is 1. The van der Waals surface area contributed by atoms with Crippen LogP contribution in [0.15, 0.2) is 48.0 Å². The van der Waals surface area contributed by atoms with Crippen molar-refractivity contribution in [3.8, 4) is 11.3 Å². The number of nitrogens with one attached hydrogen (secondary N) is 1. The number of nitrogen functional groups attached to an aromatic ring is 1.